The van der Waals surface area contributed by atoms with Crippen molar-refractivity contribution in [1.29, 1.82) is 0 Å². The number of halogens is 3. The molecule has 0 aliphatic carbocycles. The minimum atomic E-state index is -4.26. The number of rotatable bonds is 2. The third-order valence-corrected chi connectivity index (χ3v) is 4.29. The molecule has 116 valence electrons. The summed E-state index contributed by atoms with van der Waals surface area (Å²) in [4.78, 5) is 4.59. The van der Waals surface area contributed by atoms with Crippen LogP contribution in [-0.2, 0) is 10.9 Å². The summed E-state index contributed by atoms with van der Waals surface area (Å²) in [7, 11) is 0. The van der Waals surface area contributed by atoms with Gasteiger partial charge in [-0.3, -0.25) is 4.90 Å². The van der Waals surface area contributed by atoms with E-state index in [4.69, 9.17) is 4.74 Å². The molecule has 3 nitrogen and oxygen atoms in total. The van der Waals surface area contributed by atoms with Crippen LogP contribution < -0.4 is 4.90 Å². The Morgan fingerprint density at radius 1 is 1.00 bits per heavy atom. The van der Waals surface area contributed by atoms with Crippen LogP contribution in [0.3, 0.4) is 0 Å². The fourth-order valence-corrected chi connectivity index (χ4v) is 3.08. The third-order valence-electron chi connectivity index (χ3n) is 4.29. The van der Waals surface area contributed by atoms with Gasteiger partial charge < -0.3 is 9.64 Å². The number of hydrogen-bond donors (Lipinski definition) is 0. The lowest BCUT2D eigenvalue weighted by atomic mass is 10.2. The average molecular weight is 300 g/mol. The molecule has 0 spiro atoms. The van der Waals surface area contributed by atoms with Crippen LogP contribution in [0.4, 0.5) is 18.9 Å². The number of morpholine rings is 1. The Balaban J connectivity index is 1.63. The van der Waals surface area contributed by atoms with E-state index in [9.17, 15) is 13.2 Å². The summed E-state index contributed by atoms with van der Waals surface area (Å²) >= 11 is 0. The van der Waals surface area contributed by atoms with Crippen LogP contribution >= 0.6 is 0 Å². The van der Waals surface area contributed by atoms with Gasteiger partial charge in [-0.2, -0.15) is 13.2 Å². The molecule has 6 heteroatoms. The molecule has 2 saturated heterocycles. The summed E-state index contributed by atoms with van der Waals surface area (Å²) < 4.78 is 43.1. The Hall–Kier alpha value is -1.27. The van der Waals surface area contributed by atoms with Crippen molar-refractivity contribution < 1.29 is 17.9 Å². The van der Waals surface area contributed by atoms with Crippen molar-refractivity contribution in [1.82, 2.24) is 4.90 Å². The predicted octanol–water partition coefficient (Wildman–Crippen LogP) is 2.62. The number of nitrogens with zero attached hydrogens (tertiary/aromatic N) is 2. The Labute approximate surface area is 122 Å². The highest BCUT2D eigenvalue weighted by molar-refractivity contribution is 5.49. The number of benzene rings is 1. The lowest BCUT2D eigenvalue weighted by Gasteiger charge is -2.32. The molecule has 2 aliphatic rings. The zero-order chi connectivity index (χ0) is 14.9. The fourth-order valence-electron chi connectivity index (χ4n) is 3.08. The molecular weight excluding hydrogens is 281 g/mol. The van der Waals surface area contributed by atoms with Crippen LogP contribution in [-0.4, -0.2) is 50.3 Å². The molecule has 1 aromatic carbocycles. The molecule has 21 heavy (non-hydrogen) atoms. The van der Waals surface area contributed by atoms with Gasteiger partial charge in [0.2, 0.25) is 0 Å². The molecule has 3 rings (SSSR count). The van der Waals surface area contributed by atoms with Crippen LogP contribution in [0.15, 0.2) is 24.3 Å². The summed E-state index contributed by atoms with van der Waals surface area (Å²) in [6, 6.07) is 5.96. The third kappa shape index (κ3) is 3.32. The summed E-state index contributed by atoms with van der Waals surface area (Å²) in [6.45, 7) is 5.23. The molecule has 0 saturated carbocycles. The maximum Gasteiger partial charge on any atom is 0.416 e. The second kappa shape index (κ2) is 5.85. The van der Waals surface area contributed by atoms with E-state index in [0.29, 0.717) is 6.04 Å². The first-order chi connectivity index (χ1) is 10.0. The zero-order valence-electron chi connectivity index (χ0n) is 11.8. The lowest BCUT2D eigenvalue weighted by Crippen LogP contribution is -2.44. The first-order valence-electron chi connectivity index (χ1n) is 7.28. The second-order valence-electron chi connectivity index (χ2n) is 5.58. The van der Waals surface area contributed by atoms with Crippen LogP contribution in [0.5, 0.6) is 0 Å². The van der Waals surface area contributed by atoms with Gasteiger partial charge >= 0.3 is 6.18 Å². The number of anilines is 1. The van der Waals surface area contributed by atoms with Crippen molar-refractivity contribution in [2.24, 2.45) is 0 Å². The van der Waals surface area contributed by atoms with Gasteiger partial charge in [-0.05, 0) is 30.7 Å². The predicted molar refractivity (Wildman–Crippen MR) is 74.5 cm³/mol. The SMILES string of the molecule is FC(F)(F)c1ccc(N2CCC(N3CCOCC3)C2)cc1. The maximum atomic E-state index is 12.6. The molecule has 0 N–H and O–H groups in total. The van der Waals surface area contributed by atoms with E-state index >= 15 is 0 Å². The fraction of sp³-hybridized carbons (Fsp3) is 0.600. The Morgan fingerprint density at radius 3 is 2.29 bits per heavy atom. The summed E-state index contributed by atoms with van der Waals surface area (Å²) in [5.74, 6) is 0. The maximum absolute atomic E-state index is 12.6. The Morgan fingerprint density at radius 2 is 1.67 bits per heavy atom. The zero-order valence-corrected chi connectivity index (χ0v) is 11.8. The van der Waals surface area contributed by atoms with Gasteiger partial charge in [0.05, 0.1) is 18.8 Å². The molecule has 0 bridgehead atoms. The van der Waals surface area contributed by atoms with Crippen LogP contribution in [0.2, 0.25) is 0 Å². The highest BCUT2D eigenvalue weighted by Gasteiger charge is 2.31. The standard InChI is InChI=1S/C15H19F3N2O/c16-15(17,18)12-1-3-13(4-2-12)20-6-5-14(11-20)19-7-9-21-10-8-19/h1-4,14H,5-11H2. The molecule has 0 radical (unpaired) electrons. The van der Waals surface area contributed by atoms with Crippen LogP contribution in [0, 0.1) is 0 Å². The van der Waals surface area contributed by atoms with Crippen LogP contribution in [0.1, 0.15) is 12.0 Å². The van der Waals surface area contributed by atoms with Gasteiger partial charge in [0.1, 0.15) is 0 Å². The van der Waals surface area contributed by atoms with E-state index in [2.05, 4.69) is 9.80 Å². The molecule has 0 amide bonds. The van der Waals surface area contributed by atoms with E-state index in [0.717, 1.165) is 63.6 Å². The van der Waals surface area contributed by atoms with Gasteiger partial charge in [-0.1, -0.05) is 0 Å². The first-order valence-corrected chi connectivity index (χ1v) is 7.28. The Bertz CT molecular complexity index is 469. The van der Waals surface area contributed by atoms with E-state index in [1.165, 1.54) is 0 Å². The summed E-state index contributed by atoms with van der Waals surface area (Å²) in [5.41, 5.74) is 0.286. The van der Waals surface area contributed by atoms with Gasteiger partial charge in [-0.15, -0.1) is 0 Å². The van der Waals surface area contributed by atoms with Crippen molar-refractivity contribution in [2.75, 3.05) is 44.3 Å². The Kier molecular flexibility index (Phi) is 4.08. The van der Waals surface area contributed by atoms with Crippen molar-refractivity contribution in [3.8, 4) is 0 Å². The summed E-state index contributed by atoms with van der Waals surface area (Å²) in [5, 5.41) is 0. The second-order valence-corrected chi connectivity index (χ2v) is 5.58. The normalized spacial score (nSPS) is 24.5. The first kappa shape index (κ1) is 14.7. The van der Waals surface area contributed by atoms with E-state index < -0.39 is 11.7 Å². The average Bonchev–Trinajstić information content (AvgIpc) is 2.97. The molecule has 2 heterocycles. The molecule has 2 fully saturated rings. The molecule has 0 aromatic heterocycles. The molecule has 1 unspecified atom stereocenters. The highest BCUT2D eigenvalue weighted by atomic mass is 19.4. The minimum Gasteiger partial charge on any atom is -0.379 e. The van der Waals surface area contributed by atoms with Gasteiger partial charge in [0.15, 0.2) is 0 Å². The summed E-state index contributed by atoms with van der Waals surface area (Å²) in [6.07, 6.45) is -3.21. The van der Waals surface area contributed by atoms with Crippen molar-refractivity contribution in [3.05, 3.63) is 29.8 Å². The van der Waals surface area contributed by atoms with E-state index in [1.807, 2.05) is 0 Å². The van der Waals surface area contributed by atoms with Crippen molar-refractivity contribution in [2.45, 2.75) is 18.6 Å². The molecule has 2 aliphatic heterocycles. The molecular formula is C15H19F3N2O. The molecule has 1 atom stereocenters. The van der Waals surface area contributed by atoms with Crippen LogP contribution in [0.25, 0.3) is 0 Å². The smallest absolute Gasteiger partial charge is 0.379 e. The topological polar surface area (TPSA) is 15.7 Å². The highest BCUT2D eigenvalue weighted by Crippen LogP contribution is 2.31. The largest absolute Gasteiger partial charge is 0.416 e. The minimum absolute atomic E-state index is 0.483. The number of ether oxygens (including phenoxy) is 1. The van der Waals surface area contributed by atoms with Gasteiger partial charge in [0.25, 0.3) is 0 Å². The number of hydrogen-bond acceptors (Lipinski definition) is 3. The monoisotopic (exact) mass is 300 g/mol. The van der Waals surface area contributed by atoms with Crippen molar-refractivity contribution in [3.63, 3.8) is 0 Å². The van der Waals surface area contributed by atoms with Gasteiger partial charge in [-0.25, -0.2) is 0 Å². The van der Waals surface area contributed by atoms with Gasteiger partial charge in [0, 0.05) is 37.9 Å². The number of alkyl halides is 3. The van der Waals surface area contributed by atoms with E-state index in [1.54, 1.807) is 12.1 Å². The van der Waals surface area contributed by atoms with E-state index in [-0.39, 0.29) is 0 Å². The lowest BCUT2D eigenvalue weighted by molar-refractivity contribution is -0.137. The van der Waals surface area contributed by atoms with Crippen molar-refractivity contribution >= 4 is 5.69 Å². The quantitative estimate of drug-likeness (QED) is 0.835. The molecule has 1 aromatic rings.